The predicted molar refractivity (Wildman–Crippen MR) is 141 cm³/mol. The molecule has 0 bridgehead atoms. The molecule has 1 spiro atoms. The number of rotatable bonds is 6. The van der Waals surface area contributed by atoms with E-state index in [2.05, 4.69) is 12.2 Å². The number of benzene rings is 2. The van der Waals surface area contributed by atoms with Gasteiger partial charge >= 0.3 is 0 Å². The topological polar surface area (TPSA) is 92.1 Å². The van der Waals surface area contributed by atoms with Crippen LogP contribution in [0.2, 0.25) is 0 Å². The number of hydrogen-bond donors (Lipinski definition) is 1. The summed E-state index contributed by atoms with van der Waals surface area (Å²) in [5.41, 5.74) is 2.33. The molecule has 3 aromatic rings. The Bertz CT molecular complexity index is 1290. The van der Waals surface area contributed by atoms with Crippen LogP contribution in [0.3, 0.4) is 0 Å². The fraction of sp³-hybridized carbons (Fsp3) is 0.367. The lowest BCUT2D eigenvalue weighted by Gasteiger charge is -2.44. The van der Waals surface area contributed by atoms with E-state index in [-0.39, 0.29) is 30.9 Å². The number of aryl methyl sites for hydroxylation is 2. The molecule has 2 saturated heterocycles. The maximum absolute atomic E-state index is 13.9. The number of ether oxygens (including phenoxy) is 1. The summed E-state index contributed by atoms with van der Waals surface area (Å²) in [6, 6.07) is 17.8. The molecule has 38 heavy (non-hydrogen) atoms. The molecule has 1 N–H and O–H groups in total. The summed E-state index contributed by atoms with van der Waals surface area (Å²) in [5.74, 6) is 0.0419. The molecule has 3 heterocycles. The summed E-state index contributed by atoms with van der Waals surface area (Å²) < 4.78 is 11.6. The van der Waals surface area contributed by atoms with Gasteiger partial charge in [-0.1, -0.05) is 36.8 Å². The molecule has 0 radical (unpaired) electrons. The number of nitrogens with zero attached hydrogens (tertiary/aromatic N) is 2. The van der Waals surface area contributed by atoms with Crippen molar-refractivity contribution in [3.05, 3.63) is 94.9 Å². The van der Waals surface area contributed by atoms with E-state index in [1.807, 2.05) is 49.4 Å². The SMILES string of the molecule is CCc1ccc(C(=O)N2CCC3(CC2)OC[C@H](C(=O)NCc2ccco2)N3C(=O)c2cccc(C)c2)cc1. The van der Waals surface area contributed by atoms with Gasteiger partial charge in [-0.2, -0.15) is 0 Å². The van der Waals surface area contributed by atoms with Crippen LogP contribution in [0.25, 0.3) is 0 Å². The molecule has 1 aromatic heterocycles. The van der Waals surface area contributed by atoms with Gasteiger partial charge in [0.05, 0.1) is 19.4 Å². The van der Waals surface area contributed by atoms with Crippen LogP contribution in [-0.4, -0.2) is 59.0 Å². The number of carbonyl (C=O) groups excluding carboxylic acids is 3. The van der Waals surface area contributed by atoms with Gasteiger partial charge in [0.25, 0.3) is 11.8 Å². The third kappa shape index (κ3) is 5.09. The van der Waals surface area contributed by atoms with E-state index in [4.69, 9.17) is 9.15 Å². The highest BCUT2D eigenvalue weighted by Gasteiger charge is 2.54. The summed E-state index contributed by atoms with van der Waals surface area (Å²) in [7, 11) is 0. The summed E-state index contributed by atoms with van der Waals surface area (Å²) in [4.78, 5) is 43.8. The number of amides is 3. The molecule has 198 valence electrons. The number of piperidine rings is 1. The fourth-order valence-corrected chi connectivity index (χ4v) is 5.31. The van der Waals surface area contributed by atoms with Crippen molar-refractivity contribution in [3.63, 3.8) is 0 Å². The molecule has 2 aliphatic rings. The molecule has 1 atom stereocenters. The van der Waals surface area contributed by atoms with Gasteiger partial charge in [0.2, 0.25) is 5.91 Å². The highest BCUT2D eigenvalue weighted by molar-refractivity contribution is 5.99. The molecule has 2 fully saturated rings. The maximum atomic E-state index is 13.9. The van der Waals surface area contributed by atoms with Crippen molar-refractivity contribution in [2.24, 2.45) is 0 Å². The van der Waals surface area contributed by atoms with Crippen LogP contribution >= 0.6 is 0 Å². The molecular formula is C30H33N3O5. The van der Waals surface area contributed by atoms with Crippen molar-refractivity contribution < 1.29 is 23.5 Å². The second kappa shape index (κ2) is 10.8. The maximum Gasteiger partial charge on any atom is 0.256 e. The minimum Gasteiger partial charge on any atom is -0.467 e. The Morgan fingerprint density at radius 2 is 1.74 bits per heavy atom. The quantitative estimate of drug-likeness (QED) is 0.537. The van der Waals surface area contributed by atoms with Crippen LogP contribution in [0, 0.1) is 6.92 Å². The van der Waals surface area contributed by atoms with Crippen molar-refractivity contribution in [2.75, 3.05) is 19.7 Å². The zero-order valence-electron chi connectivity index (χ0n) is 21.8. The van der Waals surface area contributed by atoms with Crippen LogP contribution < -0.4 is 5.32 Å². The summed E-state index contributed by atoms with van der Waals surface area (Å²) >= 11 is 0. The summed E-state index contributed by atoms with van der Waals surface area (Å²) in [5, 5.41) is 2.88. The van der Waals surface area contributed by atoms with Gasteiger partial charge in [-0.15, -0.1) is 0 Å². The third-order valence-corrected chi connectivity index (χ3v) is 7.51. The van der Waals surface area contributed by atoms with Crippen LogP contribution in [0.5, 0.6) is 0 Å². The Hall–Kier alpha value is -3.91. The van der Waals surface area contributed by atoms with Crippen molar-refractivity contribution in [2.45, 2.75) is 51.4 Å². The number of furan rings is 1. The molecule has 0 aliphatic carbocycles. The van der Waals surface area contributed by atoms with Crippen LogP contribution in [-0.2, 0) is 22.5 Å². The minimum atomic E-state index is -0.962. The van der Waals surface area contributed by atoms with Crippen molar-refractivity contribution in [1.82, 2.24) is 15.1 Å². The third-order valence-electron chi connectivity index (χ3n) is 7.51. The fourth-order valence-electron chi connectivity index (χ4n) is 5.31. The average molecular weight is 516 g/mol. The van der Waals surface area contributed by atoms with Crippen LogP contribution in [0.4, 0.5) is 0 Å². The predicted octanol–water partition coefficient (Wildman–Crippen LogP) is 3.94. The molecule has 5 rings (SSSR count). The van der Waals surface area contributed by atoms with Gasteiger partial charge in [-0.25, -0.2) is 0 Å². The largest absolute Gasteiger partial charge is 0.467 e. The number of nitrogens with one attached hydrogen (secondary N) is 1. The molecule has 0 saturated carbocycles. The van der Waals surface area contributed by atoms with Crippen LogP contribution in [0.15, 0.2) is 71.3 Å². The Balaban J connectivity index is 1.35. The van der Waals surface area contributed by atoms with E-state index in [9.17, 15) is 14.4 Å². The zero-order chi connectivity index (χ0) is 26.7. The molecule has 2 aromatic carbocycles. The van der Waals surface area contributed by atoms with E-state index in [1.54, 1.807) is 34.3 Å². The van der Waals surface area contributed by atoms with Gasteiger partial charge in [0.15, 0.2) is 0 Å². The summed E-state index contributed by atoms with van der Waals surface area (Å²) in [6.45, 7) is 5.17. The lowest BCUT2D eigenvalue weighted by atomic mass is 9.95. The van der Waals surface area contributed by atoms with E-state index in [1.165, 1.54) is 5.56 Å². The normalized spacial score (nSPS) is 18.5. The standard InChI is InChI=1S/C30H33N3O5/c1-3-22-9-11-23(12-10-22)28(35)32-15-13-30(14-16-32)33(29(36)24-7-4-6-21(2)18-24)26(20-38-30)27(34)31-19-25-8-5-17-37-25/h4-12,17-18,26H,3,13-16,19-20H2,1-2H3,(H,31,34)/t26-/m1/s1. The van der Waals surface area contributed by atoms with Crippen LogP contribution in [0.1, 0.15) is 57.4 Å². The summed E-state index contributed by atoms with van der Waals surface area (Å²) in [6.07, 6.45) is 3.31. The monoisotopic (exact) mass is 515 g/mol. The molecule has 8 nitrogen and oxygen atoms in total. The molecular weight excluding hydrogens is 482 g/mol. The van der Waals surface area contributed by atoms with Crippen molar-refractivity contribution in [1.29, 1.82) is 0 Å². The van der Waals surface area contributed by atoms with E-state index < -0.39 is 11.8 Å². The number of hydrogen-bond acceptors (Lipinski definition) is 5. The molecule has 8 heteroatoms. The average Bonchev–Trinajstić information content (AvgIpc) is 3.60. The lowest BCUT2D eigenvalue weighted by Crippen LogP contribution is -2.59. The van der Waals surface area contributed by atoms with Gasteiger partial charge in [0.1, 0.15) is 17.5 Å². The van der Waals surface area contributed by atoms with Crippen molar-refractivity contribution in [3.8, 4) is 0 Å². The van der Waals surface area contributed by atoms with E-state index in [0.717, 1.165) is 12.0 Å². The second-order valence-corrected chi connectivity index (χ2v) is 9.96. The first-order valence-electron chi connectivity index (χ1n) is 13.1. The highest BCUT2D eigenvalue weighted by Crippen LogP contribution is 2.39. The Labute approximate surface area is 222 Å². The zero-order valence-corrected chi connectivity index (χ0v) is 21.8. The molecule has 3 amide bonds. The Kier molecular flexibility index (Phi) is 7.33. The van der Waals surface area contributed by atoms with Gasteiger partial charge < -0.3 is 19.4 Å². The Morgan fingerprint density at radius 1 is 0.974 bits per heavy atom. The minimum absolute atomic E-state index is 0.0372. The van der Waals surface area contributed by atoms with Gasteiger partial charge in [0, 0.05) is 37.1 Å². The lowest BCUT2D eigenvalue weighted by molar-refractivity contribution is -0.128. The first kappa shape index (κ1) is 25.7. The number of carbonyl (C=O) groups is 3. The highest BCUT2D eigenvalue weighted by atomic mass is 16.5. The first-order valence-corrected chi connectivity index (χ1v) is 13.1. The van der Waals surface area contributed by atoms with Crippen molar-refractivity contribution >= 4 is 17.7 Å². The molecule has 2 aliphatic heterocycles. The molecule has 0 unspecified atom stereocenters. The Morgan fingerprint density at radius 3 is 2.39 bits per heavy atom. The second-order valence-electron chi connectivity index (χ2n) is 9.96. The van der Waals surface area contributed by atoms with Gasteiger partial charge in [-0.05, 0) is 55.3 Å². The van der Waals surface area contributed by atoms with E-state index >= 15 is 0 Å². The van der Waals surface area contributed by atoms with Gasteiger partial charge in [-0.3, -0.25) is 19.3 Å². The number of likely N-dealkylation sites (tertiary alicyclic amines) is 1. The smallest absolute Gasteiger partial charge is 0.256 e. The first-order chi connectivity index (χ1) is 18.4. The van der Waals surface area contributed by atoms with E-state index in [0.29, 0.717) is 42.8 Å².